The minimum atomic E-state index is -0.669. The first-order valence-corrected chi connectivity index (χ1v) is 8.97. The first kappa shape index (κ1) is 21.1. The number of nitrogens with one attached hydrogen (secondary N) is 2. The van der Waals surface area contributed by atoms with Gasteiger partial charge in [-0.3, -0.25) is 14.5 Å². The smallest absolute Gasteiger partial charge is 0.237 e. The van der Waals surface area contributed by atoms with Crippen molar-refractivity contribution in [2.24, 2.45) is 5.41 Å². The van der Waals surface area contributed by atoms with Crippen molar-refractivity contribution in [3.63, 3.8) is 0 Å². The Morgan fingerprint density at radius 3 is 2.85 bits per heavy atom. The van der Waals surface area contributed by atoms with Gasteiger partial charge < -0.3 is 20.5 Å². The van der Waals surface area contributed by atoms with Crippen molar-refractivity contribution in [3.8, 4) is 5.75 Å². The van der Waals surface area contributed by atoms with Crippen molar-refractivity contribution in [2.75, 3.05) is 33.4 Å². The fraction of sp³-hybridized carbons (Fsp3) is 0.579. The third-order valence-corrected chi connectivity index (χ3v) is 4.65. The number of methoxy groups -OCH3 is 1. The highest BCUT2D eigenvalue weighted by Gasteiger charge is 2.32. The molecule has 0 radical (unpaired) electrons. The third-order valence-electron chi connectivity index (χ3n) is 4.65. The molecule has 1 atom stereocenters. The van der Waals surface area contributed by atoms with Gasteiger partial charge >= 0.3 is 0 Å². The summed E-state index contributed by atoms with van der Waals surface area (Å²) in [5.74, 6) is -0.506. The van der Waals surface area contributed by atoms with Crippen LogP contribution in [0.4, 0.5) is 4.39 Å². The maximum atomic E-state index is 14.3. The number of rotatable bonds is 8. The lowest BCUT2D eigenvalue weighted by atomic mass is 9.95. The Morgan fingerprint density at radius 2 is 2.22 bits per heavy atom. The van der Waals surface area contributed by atoms with Crippen molar-refractivity contribution in [1.29, 1.82) is 0 Å². The number of hydrogen-bond acceptors (Lipinski definition) is 5. The normalized spacial score (nSPS) is 18.1. The first-order valence-electron chi connectivity index (χ1n) is 8.97. The lowest BCUT2D eigenvalue weighted by Crippen LogP contribution is -2.56. The number of carbonyl (C=O) groups excluding carboxylic acids is 2. The van der Waals surface area contributed by atoms with E-state index in [0.29, 0.717) is 30.9 Å². The molecular formula is C19H28FN3O4. The van der Waals surface area contributed by atoms with E-state index in [4.69, 9.17) is 4.74 Å². The molecule has 8 heteroatoms. The number of benzene rings is 1. The van der Waals surface area contributed by atoms with Crippen molar-refractivity contribution >= 4 is 11.8 Å². The second kappa shape index (κ2) is 9.14. The van der Waals surface area contributed by atoms with Crippen molar-refractivity contribution < 1.29 is 23.8 Å². The Morgan fingerprint density at radius 1 is 1.48 bits per heavy atom. The zero-order valence-electron chi connectivity index (χ0n) is 16.0. The van der Waals surface area contributed by atoms with Gasteiger partial charge in [0.15, 0.2) is 0 Å². The predicted octanol–water partition coefficient (Wildman–Crippen LogP) is 0.660. The van der Waals surface area contributed by atoms with Crippen LogP contribution >= 0.6 is 0 Å². The molecule has 0 saturated carbocycles. The quantitative estimate of drug-likeness (QED) is 0.615. The van der Waals surface area contributed by atoms with E-state index in [1.807, 2.05) is 13.8 Å². The number of piperazine rings is 1. The molecule has 0 aromatic heterocycles. The van der Waals surface area contributed by atoms with Crippen LogP contribution in [0.5, 0.6) is 5.75 Å². The molecule has 0 aliphatic carbocycles. The highest BCUT2D eigenvalue weighted by atomic mass is 19.1. The lowest BCUT2D eigenvalue weighted by Gasteiger charge is -2.35. The summed E-state index contributed by atoms with van der Waals surface area (Å²) < 4.78 is 19.3. The maximum absolute atomic E-state index is 14.3. The van der Waals surface area contributed by atoms with Crippen LogP contribution in [-0.4, -0.2) is 61.2 Å². The number of hydrogen-bond donors (Lipinski definition) is 3. The standard InChI is InChI=1S/C19H28FN3O4/c1-19(2,12-24)11-22-17(25)9-16-18(26)21-6-7-23(16)10-13-4-5-14(27-3)8-15(13)20/h4-5,8,16,24H,6-7,9-12H2,1-3H3,(H,21,26)(H,22,25)/t16-/m1/s1. The van der Waals surface area contributed by atoms with E-state index in [9.17, 15) is 19.1 Å². The largest absolute Gasteiger partial charge is 0.497 e. The molecule has 150 valence electrons. The number of carbonyl (C=O) groups is 2. The van der Waals surface area contributed by atoms with Gasteiger partial charge in [0, 0.05) is 49.8 Å². The van der Waals surface area contributed by atoms with Crippen LogP contribution < -0.4 is 15.4 Å². The number of aliphatic hydroxyl groups excluding tert-OH is 1. The van der Waals surface area contributed by atoms with E-state index in [-0.39, 0.29) is 31.4 Å². The summed E-state index contributed by atoms with van der Waals surface area (Å²) in [7, 11) is 1.47. The van der Waals surface area contributed by atoms with Gasteiger partial charge in [-0.2, -0.15) is 0 Å². The van der Waals surface area contributed by atoms with Crippen molar-refractivity contribution in [2.45, 2.75) is 32.9 Å². The summed E-state index contributed by atoms with van der Waals surface area (Å²) in [6.07, 6.45) is -0.0227. The fourth-order valence-electron chi connectivity index (χ4n) is 2.82. The van der Waals surface area contributed by atoms with Gasteiger partial charge in [0.25, 0.3) is 0 Å². The molecule has 2 amide bonds. The molecule has 0 bridgehead atoms. The molecule has 1 aliphatic heterocycles. The van der Waals surface area contributed by atoms with E-state index in [2.05, 4.69) is 10.6 Å². The van der Waals surface area contributed by atoms with Gasteiger partial charge in [-0.25, -0.2) is 4.39 Å². The predicted molar refractivity (Wildman–Crippen MR) is 98.7 cm³/mol. The molecule has 27 heavy (non-hydrogen) atoms. The Bertz CT molecular complexity index is 681. The Hall–Kier alpha value is -2.19. The second-order valence-corrected chi connectivity index (χ2v) is 7.54. The molecule has 7 nitrogen and oxygen atoms in total. The van der Waals surface area contributed by atoms with Crippen LogP contribution in [0, 0.1) is 11.2 Å². The number of halogens is 1. The highest BCUT2D eigenvalue weighted by molar-refractivity contribution is 5.88. The van der Waals surface area contributed by atoms with Crippen molar-refractivity contribution in [1.82, 2.24) is 15.5 Å². The van der Waals surface area contributed by atoms with Crippen LogP contribution in [0.2, 0.25) is 0 Å². The molecule has 2 rings (SSSR count). The van der Waals surface area contributed by atoms with Gasteiger partial charge in [0.05, 0.1) is 19.6 Å². The minimum Gasteiger partial charge on any atom is -0.497 e. The number of nitrogens with zero attached hydrogens (tertiary/aromatic N) is 1. The van der Waals surface area contributed by atoms with E-state index >= 15 is 0 Å². The van der Waals surface area contributed by atoms with Crippen LogP contribution in [0.1, 0.15) is 25.8 Å². The van der Waals surface area contributed by atoms with Crippen molar-refractivity contribution in [3.05, 3.63) is 29.6 Å². The highest BCUT2D eigenvalue weighted by Crippen LogP contribution is 2.20. The van der Waals surface area contributed by atoms with Crippen LogP contribution in [0.3, 0.4) is 0 Å². The number of aliphatic hydroxyl groups is 1. The zero-order chi connectivity index (χ0) is 20.0. The lowest BCUT2D eigenvalue weighted by molar-refractivity contribution is -0.134. The molecule has 0 unspecified atom stereocenters. The van der Waals surface area contributed by atoms with E-state index in [1.165, 1.54) is 13.2 Å². The molecule has 1 fully saturated rings. The average molecular weight is 381 g/mol. The summed E-state index contributed by atoms with van der Waals surface area (Å²) in [5.41, 5.74) is 0.00783. The Labute approximate surface area is 158 Å². The Balaban J connectivity index is 2.04. The zero-order valence-corrected chi connectivity index (χ0v) is 16.0. The summed E-state index contributed by atoms with van der Waals surface area (Å²) >= 11 is 0. The van der Waals surface area contributed by atoms with E-state index in [1.54, 1.807) is 17.0 Å². The SMILES string of the molecule is COc1ccc(CN2CCNC(=O)[C@H]2CC(=O)NCC(C)(C)CO)c(F)c1. The van der Waals surface area contributed by atoms with E-state index in [0.717, 1.165) is 0 Å². The number of ether oxygens (including phenoxy) is 1. The number of amides is 2. The van der Waals surface area contributed by atoms with Crippen LogP contribution in [-0.2, 0) is 16.1 Å². The monoisotopic (exact) mass is 381 g/mol. The molecular weight excluding hydrogens is 353 g/mol. The fourth-order valence-corrected chi connectivity index (χ4v) is 2.82. The van der Waals surface area contributed by atoms with E-state index < -0.39 is 17.3 Å². The maximum Gasteiger partial charge on any atom is 0.237 e. The summed E-state index contributed by atoms with van der Waals surface area (Å²) in [5, 5.41) is 14.8. The van der Waals surface area contributed by atoms with Crippen LogP contribution in [0.25, 0.3) is 0 Å². The molecule has 1 aromatic rings. The topological polar surface area (TPSA) is 90.9 Å². The average Bonchev–Trinajstić information content (AvgIpc) is 2.64. The van der Waals surface area contributed by atoms with Gasteiger partial charge in [-0.05, 0) is 6.07 Å². The molecule has 1 aromatic carbocycles. The molecule has 1 aliphatic rings. The van der Waals surface area contributed by atoms with Gasteiger partial charge in [0.1, 0.15) is 11.6 Å². The Kier molecular flexibility index (Phi) is 7.15. The second-order valence-electron chi connectivity index (χ2n) is 7.54. The van der Waals surface area contributed by atoms with Gasteiger partial charge in [-0.15, -0.1) is 0 Å². The molecule has 1 saturated heterocycles. The minimum absolute atomic E-state index is 0.0227. The molecule has 3 N–H and O–H groups in total. The summed E-state index contributed by atoms with van der Waals surface area (Å²) in [6.45, 7) is 5.12. The summed E-state index contributed by atoms with van der Waals surface area (Å²) in [6, 6.07) is 3.93. The van der Waals surface area contributed by atoms with Gasteiger partial charge in [0.2, 0.25) is 11.8 Å². The molecule has 1 heterocycles. The third kappa shape index (κ3) is 5.90. The molecule has 0 spiro atoms. The van der Waals surface area contributed by atoms with Crippen LogP contribution in [0.15, 0.2) is 18.2 Å². The van der Waals surface area contributed by atoms with Gasteiger partial charge in [-0.1, -0.05) is 19.9 Å². The summed E-state index contributed by atoms with van der Waals surface area (Å²) in [4.78, 5) is 26.4. The first-order chi connectivity index (χ1) is 12.8.